The van der Waals surface area contributed by atoms with Crippen LogP contribution in [0.25, 0.3) is 5.69 Å². The predicted molar refractivity (Wildman–Crippen MR) is 115 cm³/mol. The maximum atomic E-state index is 13.1. The van der Waals surface area contributed by atoms with Gasteiger partial charge in [-0.1, -0.05) is 60.3 Å². The van der Waals surface area contributed by atoms with E-state index in [0.29, 0.717) is 16.7 Å². The summed E-state index contributed by atoms with van der Waals surface area (Å²) in [6.07, 6.45) is 0. The lowest BCUT2D eigenvalue weighted by atomic mass is 10.2. The molecule has 0 aliphatic carbocycles. The monoisotopic (exact) mass is 439 g/mol. The number of sulfone groups is 1. The third kappa shape index (κ3) is 4.60. The van der Waals surface area contributed by atoms with E-state index in [1.807, 2.05) is 30.3 Å². The zero-order valence-electron chi connectivity index (χ0n) is 15.8. The lowest BCUT2D eigenvalue weighted by Gasteiger charge is -2.11. The Bertz CT molecular complexity index is 1230. The van der Waals surface area contributed by atoms with Gasteiger partial charge >= 0.3 is 0 Å². The molecular weight excluding hydrogens is 421 g/mol. The van der Waals surface area contributed by atoms with Gasteiger partial charge in [-0.15, -0.1) is 10.2 Å². The number of benzene rings is 3. The molecule has 0 spiro atoms. The minimum absolute atomic E-state index is 0.244. The Morgan fingerprint density at radius 2 is 1.47 bits per heavy atom. The van der Waals surface area contributed by atoms with E-state index in [9.17, 15) is 12.8 Å². The van der Waals surface area contributed by atoms with Gasteiger partial charge in [-0.05, 0) is 42.0 Å². The van der Waals surface area contributed by atoms with Crippen LogP contribution in [-0.2, 0) is 21.3 Å². The second kappa shape index (κ2) is 8.81. The summed E-state index contributed by atoms with van der Waals surface area (Å²) in [6.45, 7) is 0. The molecule has 1 heterocycles. The molecule has 0 fully saturated rings. The van der Waals surface area contributed by atoms with E-state index < -0.39 is 9.84 Å². The summed E-state index contributed by atoms with van der Waals surface area (Å²) in [5, 5.41) is 9.00. The maximum absolute atomic E-state index is 13.1. The fourth-order valence-corrected chi connectivity index (χ4v) is 5.13. The number of para-hydroxylation sites is 1. The number of hydrogen-bond acceptors (Lipinski definition) is 5. The predicted octanol–water partition coefficient (Wildman–Crippen LogP) is 4.67. The molecular formula is C22H18FN3O2S2. The van der Waals surface area contributed by atoms with E-state index in [1.165, 1.54) is 23.9 Å². The van der Waals surface area contributed by atoms with E-state index in [2.05, 4.69) is 10.2 Å². The Hall–Kier alpha value is -2.97. The van der Waals surface area contributed by atoms with Crippen LogP contribution in [0.2, 0.25) is 0 Å². The molecule has 5 nitrogen and oxygen atoms in total. The van der Waals surface area contributed by atoms with Crippen LogP contribution >= 0.6 is 11.8 Å². The van der Waals surface area contributed by atoms with Crippen molar-refractivity contribution in [2.45, 2.75) is 21.6 Å². The van der Waals surface area contributed by atoms with Crippen molar-refractivity contribution >= 4 is 21.6 Å². The number of halogens is 1. The highest BCUT2D eigenvalue weighted by Gasteiger charge is 2.22. The largest absolute Gasteiger partial charge is 0.273 e. The molecule has 3 aromatic carbocycles. The number of nitrogens with zero attached hydrogens (tertiary/aromatic N) is 3. The molecule has 1 aromatic heterocycles. The molecule has 0 amide bonds. The highest BCUT2D eigenvalue weighted by Crippen LogP contribution is 2.27. The van der Waals surface area contributed by atoms with Gasteiger partial charge in [-0.3, -0.25) is 4.57 Å². The van der Waals surface area contributed by atoms with Crippen LogP contribution in [0.1, 0.15) is 11.4 Å². The molecule has 152 valence electrons. The Balaban J connectivity index is 1.66. The average Bonchev–Trinajstić information content (AvgIpc) is 3.16. The van der Waals surface area contributed by atoms with Crippen molar-refractivity contribution < 1.29 is 12.8 Å². The zero-order valence-corrected chi connectivity index (χ0v) is 17.5. The Morgan fingerprint density at radius 1 is 0.833 bits per heavy atom. The molecule has 0 radical (unpaired) electrons. The normalized spacial score (nSPS) is 11.5. The number of rotatable bonds is 7. The van der Waals surface area contributed by atoms with Crippen LogP contribution in [0.15, 0.2) is 95.0 Å². The van der Waals surface area contributed by atoms with Gasteiger partial charge in [-0.2, -0.15) is 0 Å². The summed E-state index contributed by atoms with van der Waals surface area (Å²) in [6, 6.07) is 24.0. The van der Waals surface area contributed by atoms with Crippen molar-refractivity contribution in [1.82, 2.24) is 14.8 Å². The molecule has 30 heavy (non-hydrogen) atoms. The fourth-order valence-electron chi connectivity index (χ4n) is 2.93. The first-order valence-electron chi connectivity index (χ1n) is 9.18. The van der Waals surface area contributed by atoms with Crippen molar-refractivity contribution in [3.63, 3.8) is 0 Å². The van der Waals surface area contributed by atoms with E-state index in [4.69, 9.17) is 0 Å². The van der Waals surface area contributed by atoms with Crippen LogP contribution in [0.3, 0.4) is 0 Å². The molecule has 0 aliphatic rings. The molecule has 8 heteroatoms. The summed E-state index contributed by atoms with van der Waals surface area (Å²) in [5.74, 6) is 0.337. The van der Waals surface area contributed by atoms with Gasteiger partial charge in [0.05, 0.1) is 4.90 Å². The first-order valence-corrected chi connectivity index (χ1v) is 11.8. The molecule has 0 N–H and O–H groups in total. The van der Waals surface area contributed by atoms with Gasteiger partial charge in [0.15, 0.2) is 20.8 Å². The highest BCUT2D eigenvalue weighted by atomic mass is 32.2. The van der Waals surface area contributed by atoms with Gasteiger partial charge in [0.1, 0.15) is 11.6 Å². The lowest BCUT2D eigenvalue weighted by Crippen LogP contribution is -2.11. The van der Waals surface area contributed by atoms with E-state index in [0.717, 1.165) is 11.3 Å². The number of aromatic nitrogens is 3. The van der Waals surface area contributed by atoms with Gasteiger partial charge in [0.25, 0.3) is 0 Å². The van der Waals surface area contributed by atoms with Crippen LogP contribution in [-0.4, -0.2) is 23.2 Å². The molecule has 0 bridgehead atoms. The van der Waals surface area contributed by atoms with Crippen LogP contribution in [0, 0.1) is 5.82 Å². The molecule has 0 atom stereocenters. The second-order valence-corrected chi connectivity index (χ2v) is 9.49. The minimum Gasteiger partial charge on any atom is -0.273 e. The maximum Gasteiger partial charge on any atom is 0.196 e. The van der Waals surface area contributed by atoms with Crippen LogP contribution in [0.4, 0.5) is 4.39 Å². The summed E-state index contributed by atoms with van der Waals surface area (Å²) in [4.78, 5) is 0.244. The molecule has 0 saturated heterocycles. The minimum atomic E-state index is -3.58. The summed E-state index contributed by atoms with van der Waals surface area (Å²) >= 11 is 1.42. The van der Waals surface area contributed by atoms with Gasteiger partial charge in [0.2, 0.25) is 0 Å². The summed E-state index contributed by atoms with van der Waals surface area (Å²) in [5.41, 5.74) is 1.71. The van der Waals surface area contributed by atoms with Gasteiger partial charge < -0.3 is 0 Å². The van der Waals surface area contributed by atoms with Crippen LogP contribution in [0.5, 0.6) is 0 Å². The number of hydrogen-bond donors (Lipinski definition) is 0. The van der Waals surface area contributed by atoms with Crippen molar-refractivity contribution in [3.8, 4) is 5.69 Å². The van der Waals surface area contributed by atoms with Crippen molar-refractivity contribution in [3.05, 3.63) is 102 Å². The molecule has 4 rings (SSSR count). The quantitative estimate of drug-likeness (QED) is 0.392. The first kappa shape index (κ1) is 20.3. The van der Waals surface area contributed by atoms with E-state index in [1.54, 1.807) is 47.0 Å². The number of thioether (sulfide) groups is 1. The van der Waals surface area contributed by atoms with Gasteiger partial charge in [-0.25, -0.2) is 12.8 Å². The zero-order chi connectivity index (χ0) is 21.0. The molecule has 0 aliphatic heterocycles. The first-order chi connectivity index (χ1) is 14.5. The highest BCUT2D eigenvalue weighted by molar-refractivity contribution is 7.98. The standard InChI is InChI=1S/C22H18FN3O2S2/c23-18-13-11-17(12-14-18)15-29-22-25-24-21(26(22)19-7-3-1-4-8-19)16-30(27,28)20-9-5-2-6-10-20/h1-14H,15-16H2. The molecule has 0 saturated carbocycles. The Morgan fingerprint density at radius 3 is 2.13 bits per heavy atom. The second-order valence-electron chi connectivity index (χ2n) is 6.56. The molecule has 0 unspecified atom stereocenters. The lowest BCUT2D eigenvalue weighted by molar-refractivity contribution is 0.593. The molecule has 4 aromatic rings. The Kier molecular flexibility index (Phi) is 5.96. The topological polar surface area (TPSA) is 64.8 Å². The average molecular weight is 440 g/mol. The Labute approximate surface area is 178 Å². The van der Waals surface area contributed by atoms with Crippen LogP contribution < -0.4 is 0 Å². The summed E-state index contributed by atoms with van der Waals surface area (Å²) in [7, 11) is -3.58. The van der Waals surface area contributed by atoms with Crippen molar-refractivity contribution in [2.75, 3.05) is 0 Å². The smallest absolute Gasteiger partial charge is 0.196 e. The van der Waals surface area contributed by atoms with E-state index in [-0.39, 0.29) is 16.5 Å². The fraction of sp³-hybridized carbons (Fsp3) is 0.0909. The SMILES string of the molecule is O=S(=O)(Cc1nnc(SCc2ccc(F)cc2)n1-c1ccccc1)c1ccccc1. The third-order valence-electron chi connectivity index (χ3n) is 4.42. The van der Waals surface area contributed by atoms with Crippen molar-refractivity contribution in [1.29, 1.82) is 0 Å². The third-order valence-corrected chi connectivity index (χ3v) is 7.05. The van der Waals surface area contributed by atoms with Gasteiger partial charge in [0, 0.05) is 11.4 Å². The van der Waals surface area contributed by atoms with Crippen molar-refractivity contribution in [2.24, 2.45) is 0 Å². The summed E-state index contributed by atoms with van der Waals surface area (Å²) < 4.78 is 40.7. The van der Waals surface area contributed by atoms with E-state index >= 15 is 0 Å².